The van der Waals surface area contributed by atoms with E-state index in [1.165, 1.54) is 0 Å². The standard InChI is InChI=1S/C15H16N2O.2C2H4O2/c18-15-5-6-16-10-13(15)8-11-7-12-3-1-2-4-14(12)17-9-11;2*1-2(3)4/h1-4,7-9,15-16,18H,5-6,10H2;2*1H3,(H,3,4)/b13-8+;;. The molecular formula is C19H24N2O5. The molecule has 26 heavy (non-hydrogen) atoms. The zero-order valence-electron chi connectivity index (χ0n) is 14.8. The summed E-state index contributed by atoms with van der Waals surface area (Å²) < 4.78 is 0. The summed E-state index contributed by atoms with van der Waals surface area (Å²) in [5.74, 6) is -1.67. The third-order valence-electron chi connectivity index (χ3n) is 3.32. The maximum Gasteiger partial charge on any atom is 0.300 e. The largest absolute Gasteiger partial charge is 0.481 e. The van der Waals surface area contributed by atoms with Crippen molar-refractivity contribution in [2.24, 2.45) is 0 Å². The first-order chi connectivity index (χ1) is 12.3. The Morgan fingerprint density at radius 1 is 1.19 bits per heavy atom. The maximum atomic E-state index is 9.91. The summed E-state index contributed by atoms with van der Waals surface area (Å²) in [7, 11) is 0. The quantitative estimate of drug-likeness (QED) is 0.615. The lowest BCUT2D eigenvalue weighted by Crippen LogP contribution is -2.33. The fourth-order valence-electron chi connectivity index (χ4n) is 2.30. The van der Waals surface area contributed by atoms with Crippen LogP contribution in [-0.2, 0) is 9.59 Å². The lowest BCUT2D eigenvalue weighted by Gasteiger charge is -2.21. The molecule has 3 rings (SSSR count). The molecule has 1 fully saturated rings. The number of carboxylic acid groups (broad SMARTS) is 2. The molecule has 140 valence electrons. The smallest absolute Gasteiger partial charge is 0.300 e. The molecule has 7 nitrogen and oxygen atoms in total. The van der Waals surface area contributed by atoms with Crippen molar-refractivity contribution in [3.05, 3.63) is 47.7 Å². The highest BCUT2D eigenvalue weighted by molar-refractivity contribution is 5.80. The molecule has 1 aliphatic heterocycles. The van der Waals surface area contributed by atoms with Gasteiger partial charge in [-0.05, 0) is 36.2 Å². The second-order valence-electron chi connectivity index (χ2n) is 5.70. The lowest BCUT2D eigenvalue weighted by molar-refractivity contribution is -0.135. The number of nitrogens with one attached hydrogen (secondary N) is 1. The van der Waals surface area contributed by atoms with E-state index in [9.17, 15) is 5.11 Å². The summed E-state index contributed by atoms with van der Waals surface area (Å²) in [6, 6.07) is 10.2. The van der Waals surface area contributed by atoms with E-state index in [1.807, 2.05) is 30.5 Å². The van der Waals surface area contributed by atoms with Crippen LogP contribution in [0.2, 0.25) is 0 Å². The van der Waals surface area contributed by atoms with Crippen molar-refractivity contribution in [3.63, 3.8) is 0 Å². The zero-order chi connectivity index (χ0) is 19.5. The number of rotatable bonds is 1. The summed E-state index contributed by atoms with van der Waals surface area (Å²) in [6.45, 7) is 3.81. The van der Waals surface area contributed by atoms with Crippen molar-refractivity contribution in [1.29, 1.82) is 0 Å². The number of aliphatic hydroxyl groups is 1. The van der Waals surface area contributed by atoms with Crippen LogP contribution >= 0.6 is 0 Å². The second kappa shape index (κ2) is 11.0. The van der Waals surface area contributed by atoms with Gasteiger partial charge in [0.05, 0.1) is 11.6 Å². The SMILES string of the molecule is CC(=O)O.CC(=O)O.OC1CCNC/C1=C\c1cnc2ccccc2c1. The number of fused-ring (bicyclic) bond motifs is 1. The highest BCUT2D eigenvalue weighted by atomic mass is 16.4. The molecule has 2 aromatic rings. The van der Waals surface area contributed by atoms with Crippen LogP contribution in [0.15, 0.2) is 42.1 Å². The van der Waals surface area contributed by atoms with Crippen molar-refractivity contribution in [3.8, 4) is 0 Å². The van der Waals surface area contributed by atoms with Gasteiger partial charge in [0.1, 0.15) is 0 Å². The normalized spacial score (nSPS) is 17.5. The minimum absolute atomic E-state index is 0.322. The van der Waals surface area contributed by atoms with Gasteiger partial charge < -0.3 is 20.6 Å². The average molecular weight is 360 g/mol. The summed E-state index contributed by atoms with van der Waals surface area (Å²) in [6.07, 6.45) is 4.36. The van der Waals surface area contributed by atoms with E-state index in [0.29, 0.717) is 0 Å². The minimum atomic E-state index is -0.833. The molecule has 4 N–H and O–H groups in total. The van der Waals surface area contributed by atoms with Crippen molar-refractivity contribution in [1.82, 2.24) is 10.3 Å². The van der Waals surface area contributed by atoms with Gasteiger partial charge in [0, 0.05) is 32.0 Å². The third-order valence-corrected chi connectivity index (χ3v) is 3.32. The van der Waals surface area contributed by atoms with E-state index in [2.05, 4.69) is 22.4 Å². The minimum Gasteiger partial charge on any atom is -0.481 e. The van der Waals surface area contributed by atoms with Gasteiger partial charge in [-0.25, -0.2) is 0 Å². The molecule has 1 unspecified atom stereocenters. The van der Waals surface area contributed by atoms with Gasteiger partial charge in [0.15, 0.2) is 0 Å². The molecule has 0 spiro atoms. The number of nitrogens with zero attached hydrogens (tertiary/aromatic N) is 1. The first-order valence-corrected chi connectivity index (χ1v) is 8.12. The fraction of sp³-hybridized carbons (Fsp3) is 0.316. The number of pyridine rings is 1. The van der Waals surface area contributed by atoms with Crippen LogP contribution in [0.3, 0.4) is 0 Å². The third kappa shape index (κ3) is 8.36. The van der Waals surface area contributed by atoms with Crippen LogP contribution in [0, 0.1) is 0 Å². The summed E-state index contributed by atoms with van der Waals surface area (Å²) in [4.78, 5) is 22.4. The molecular weight excluding hydrogens is 336 g/mol. The zero-order valence-corrected chi connectivity index (χ0v) is 14.8. The molecule has 2 heterocycles. The molecule has 1 aliphatic rings. The molecule has 0 radical (unpaired) electrons. The Hall–Kier alpha value is -2.77. The maximum absolute atomic E-state index is 9.91. The molecule has 1 aromatic carbocycles. The first-order valence-electron chi connectivity index (χ1n) is 8.12. The molecule has 1 atom stereocenters. The topological polar surface area (TPSA) is 120 Å². The van der Waals surface area contributed by atoms with Gasteiger partial charge in [0.2, 0.25) is 0 Å². The first kappa shape index (κ1) is 21.3. The van der Waals surface area contributed by atoms with E-state index >= 15 is 0 Å². The van der Waals surface area contributed by atoms with Crippen molar-refractivity contribution in [2.75, 3.05) is 13.1 Å². The Balaban J connectivity index is 0.000000360. The van der Waals surface area contributed by atoms with Crippen LogP contribution < -0.4 is 5.32 Å². The van der Waals surface area contributed by atoms with Crippen LogP contribution in [0.1, 0.15) is 25.8 Å². The summed E-state index contributed by atoms with van der Waals surface area (Å²) in [5, 5.41) is 29.2. The number of hydrogen-bond donors (Lipinski definition) is 4. The van der Waals surface area contributed by atoms with E-state index in [1.54, 1.807) is 0 Å². The van der Waals surface area contributed by atoms with E-state index in [0.717, 1.165) is 55.4 Å². The van der Waals surface area contributed by atoms with E-state index in [4.69, 9.17) is 19.8 Å². The van der Waals surface area contributed by atoms with E-state index in [-0.39, 0.29) is 6.10 Å². The van der Waals surface area contributed by atoms with Gasteiger partial charge in [0.25, 0.3) is 11.9 Å². The predicted molar refractivity (Wildman–Crippen MR) is 99.8 cm³/mol. The van der Waals surface area contributed by atoms with Crippen LogP contribution in [0.5, 0.6) is 0 Å². The molecule has 0 amide bonds. The second-order valence-corrected chi connectivity index (χ2v) is 5.70. The Morgan fingerprint density at radius 2 is 1.81 bits per heavy atom. The van der Waals surface area contributed by atoms with Crippen molar-refractivity contribution in [2.45, 2.75) is 26.4 Å². The summed E-state index contributed by atoms with van der Waals surface area (Å²) in [5.41, 5.74) is 3.09. The Labute approximate surface area is 152 Å². The monoisotopic (exact) mass is 360 g/mol. The number of hydrogen-bond acceptors (Lipinski definition) is 5. The van der Waals surface area contributed by atoms with Gasteiger partial charge in [-0.15, -0.1) is 0 Å². The Morgan fingerprint density at radius 3 is 2.42 bits per heavy atom. The molecule has 0 aliphatic carbocycles. The fourth-order valence-corrected chi connectivity index (χ4v) is 2.30. The predicted octanol–water partition coefficient (Wildman–Crippen LogP) is 2.15. The molecule has 0 saturated carbocycles. The van der Waals surface area contributed by atoms with Crippen LogP contribution in [-0.4, -0.2) is 51.4 Å². The molecule has 1 saturated heterocycles. The Kier molecular flexibility index (Phi) is 8.97. The van der Waals surface area contributed by atoms with Gasteiger partial charge >= 0.3 is 0 Å². The number of para-hydroxylation sites is 1. The number of benzene rings is 1. The highest BCUT2D eigenvalue weighted by Gasteiger charge is 2.15. The molecule has 0 bridgehead atoms. The Bertz CT molecular complexity index is 753. The van der Waals surface area contributed by atoms with Crippen molar-refractivity contribution < 1.29 is 24.9 Å². The molecule has 1 aromatic heterocycles. The highest BCUT2D eigenvalue weighted by Crippen LogP contribution is 2.18. The number of carbonyl (C=O) groups is 2. The van der Waals surface area contributed by atoms with Crippen LogP contribution in [0.25, 0.3) is 17.0 Å². The van der Waals surface area contributed by atoms with Gasteiger partial charge in [-0.3, -0.25) is 14.6 Å². The van der Waals surface area contributed by atoms with Gasteiger partial charge in [-0.1, -0.05) is 24.3 Å². The number of piperidine rings is 1. The average Bonchev–Trinajstić information content (AvgIpc) is 2.56. The summed E-state index contributed by atoms with van der Waals surface area (Å²) >= 11 is 0. The lowest BCUT2D eigenvalue weighted by atomic mass is 10.0. The number of aromatic nitrogens is 1. The molecule has 7 heteroatoms. The number of aliphatic carboxylic acids is 2. The number of aliphatic hydroxyl groups excluding tert-OH is 1. The van der Waals surface area contributed by atoms with E-state index < -0.39 is 11.9 Å². The van der Waals surface area contributed by atoms with Crippen LogP contribution in [0.4, 0.5) is 0 Å². The van der Waals surface area contributed by atoms with Gasteiger partial charge in [-0.2, -0.15) is 0 Å². The number of carboxylic acids is 2. The van der Waals surface area contributed by atoms with Crippen molar-refractivity contribution >= 4 is 28.9 Å².